The number of carbonyl (C=O) groups is 1. The smallest absolute Gasteiger partial charge is 0.270 e. The van der Waals surface area contributed by atoms with E-state index in [1.54, 1.807) is 6.92 Å². The monoisotopic (exact) mass is 528 g/mol. The maximum absolute atomic E-state index is 12.7. The van der Waals surface area contributed by atoms with Crippen molar-refractivity contribution in [1.82, 2.24) is 15.2 Å². The van der Waals surface area contributed by atoms with Crippen LogP contribution in [-0.2, 0) is 6.54 Å². The molecular formula is C31H40N6O2. The van der Waals surface area contributed by atoms with Gasteiger partial charge in [-0.2, -0.15) is 5.26 Å². The fraction of sp³-hybridized carbons (Fsp3) is 0.419. The van der Waals surface area contributed by atoms with E-state index in [1.807, 2.05) is 25.3 Å². The molecule has 0 atom stereocenters. The Hall–Kier alpha value is -3.96. The van der Waals surface area contributed by atoms with E-state index in [9.17, 15) is 10.1 Å². The Balaban J connectivity index is 1.55. The maximum Gasteiger partial charge on any atom is 0.270 e. The number of amides is 1. The van der Waals surface area contributed by atoms with Gasteiger partial charge in [0.15, 0.2) is 0 Å². The zero-order valence-electron chi connectivity index (χ0n) is 23.5. The fourth-order valence-corrected chi connectivity index (χ4v) is 4.46. The van der Waals surface area contributed by atoms with Gasteiger partial charge in [0.1, 0.15) is 17.3 Å². The number of carbonyl (C=O) groups excluding carboxylic acids is 1. The van der Waals surface area contributed by atoms with Crippen LogP contribution in [0.25, 0.3) is 0 Å². The fourth-order valence-electron chi connectivity index (χ4n) is 4.46. The summed E-state index contributed by atoms with van der Waals surface area (Å²) in [6, 6.07) is 12.1. The van der Waals surface area contributed by atoms with Gasteiger partial charge in [-0.25, -0.2) is 4.98 Å². The standard InChI is InChI=1S/C31H40N6O2/c1-5-13-34-28(16-22(4)6-2)25-10-8-9-24(17-25)21-37-14-11-23(12-15-37)20-35-30(38)29-18-27(33)26(19-32)31(36-29)39-7-3/h5,8-10,13,16-18,23H,6-7,11-12,14-15,20-21H2,1-4H3,(H2,33,36)(H,35,38)/b13-5-,22-16+,34-28-. The Morgan fingerprint density at radius 3 is 2.74 bits per heavy atom. The van der Waals surface area contributed by atoms with E-state index in [1.165, 1.54) is 17.2 Å². The minimum absolute atomic E-state index is 0.0965. The zero-order valence-corrected chi connectivity index (χ0v) is 23.5. The number of likely N-dealkylation sites (tertiary alicyclic amines) is 1. The maximum atomic E-state index is 12.7. The third kappa shape index (κ3) is 8.52. The molecule has 1 aliphatic rings. The number of nitriles is 1. The van der Waals surface area contributed by atoms with Crippen LogP contribution in [0.2, 0.25) is 0 Å². The molecule has 2 aromatic rings. The first-order valence-electron chi connectivity index (χ1n) is 13.7. The number of aliphatic imine (C=N–C) groups is 1. The Labute approximate surface area is 232 Å². The van der Waals surface area contributed by atoms with Crippen LogP contribution in [0, 0.1) is 17.2 Å². The second kappa shape index (κ2) is 14.8. The summed E-state index contributed by atoms with van der Waals surface area (Å²) in [4.78, 5) is 24.1. The Morgan fingerprint density at radius 2 is 2.08 bits per heavy atom. The SMILES string of the molecule is C\C=C/N=C(/C=C(\C)CC)c1cccc(CN2CCC(CNC(=O)c3cc(N)c(C#N)c(OCC)n3)CC2)c1. The number of nitrogens with zero attached hydrogens (tertiary/aromatic N) is 4. The van der Waals surface area contributed by atoms with E-state index in [0.29, 0.717) is 19.1 Å². The molecule has 8 nitrogen and oxygen atoms in total. The number of pyridine rings is 1. The van der Waals surface area contributed by atoms with Crippen molar-refractivity contribution >= 4 is 17.3 Å². The lowest BCUT2D eigenvalue weighted by atomic mass is 9.96. The van der Waals surface area contributed by atoms with Crippen molar-refractivity contribution in [2.24, 2.45) is 10.9 Å². The van der Waals surface area contributed by atoms with Crippen LogP contribution >= 0.6 is 0 Å². The summed E-state index contributed by atoms with van der Waals surface area (Å²) < 4.78 is 5.40. The number of benzene rings is 1. The lowest BCUT2D eigenvalue weighted by Crippen LogP contribution is -2.38. The lowest BCUT2D eigenvalue weighted by Gasteiger charge is -2.32. The second-order valence-electron chi connectivity index (χ2n) is 9.79. The first-order valence-corrected chi connectivity index (χ1v) is 13.7. The second-order valence-corrected chi connectivity index (χ2v) is 9.79. The molecule has 3 rings (SSSR count). The van der Waals surface area contributed by atoms with Gasteiger partial charge in [0, 0.05) is 24.9 Å². The van der Waals surface area contributed by atoms with Crippen LogP contribution in [0.15, 0.2) is 59.2 Å². The molecule has 1 aromatic heterocycles. The van der Waals surface area contributed by atoms with Crippen LogP contribution < -0.4 is 15.8 Å². The molecule has 1 saturated heterocycles. The number of hydrogen-bond acceptors (Lipinski definition) is 7. The summed E-state index contributed by atoms with van der Waals surface area (Å²) in [5.74, 6) is 0.175. The van der Waals surface area contributed by atoms with Crippen molar-refractivity contribution in [2.45, 2.75) is 53.5 Å². The van der Waals surface area contributed by atoms with Crippen LogP contribution in [0.1, 0.15) is 74.1 Å². The number of nitrogens with two attached hydrogens (primary N) is 1. The molecule has 39 heavy (non-hydrogen) atoms. The molecule has 1 aromatic carbocycles. The molecule has 8 heteroatoms. The summed E-state index contributed by atoms with van der Waals surface area (Å²) in [6.45, 7) is 11.8. The van der Waals surface area contributed by atoms with E-state index in [0.717, 1.165) is 50.2 Å². The Bertz CT molecular complexity index is 1270. The molecule has 1 amide bonds. The highest BCUT2D eigenvalue weighted by Crippen LogP contribution is 2.23. The van der Waals surface area contributed by atoms with E-state index in [2.05, 4.69) is 64.4 Å². The van der Waals surface area contributed by atoms with Crippen molar-refractivity contribution < 1.29 is 9.53 Å². The van der Waals surface area contributed by atoms with Crippen LogP contribution in [0.4, 0.5) is 5.69 Å². The van der Waals surface area contributed by atoms with Crippen LogP contribution in [0.5, 0.6) is 5.88 Å². The lowest BCUT2D eigenvalue weighted by molar-refractivity contribution is 0.0929. The number of aromatic nitrogens is 1. The summed E-state index contributed by atoms with van der Waals surface area (Å²) in [5, 5.41) is 12.3. The van der Waals surface area contributed by atoms with Gasteiger partial charge in [-0.15, -0.1) is 0 Å². The molecule has 1 aliphatic heterocycles. The molecule has 0 aliphatic carbocycles. The molecule has 206 valence electrons. The van der Waals surface area contributed by atoms with Gasteiger partial charge in [0.05, 0.1) is 18.0 Å². The summed E-state index contributed by atoms with van der Waals surface area (Å²) >= 11 is 0. The van der Waals surface area contributed by atoms with E-state index < -0.39 is 0 Å². The van der Waals surface area contributed by atoms with Crippen LogP contribution in [0.3, 0.4) is 0 Å². The topological polar surface area (TPSA) is 117 Å². The first-order chi connectivity index (χ1) is 18.9. The van der Waals surface area contributed by atoms with Crippen molar-refractivity contribution in [3.05, 3.63) is 76.6 Å². The molecular weight excluding hydrogens is 488 g/mol. The predicted molar refractivity (Wildman–Crippen MR) is 157 cm³/mol. The van der Waals surface area contributed by atoms with Gasteiger partial charge in [0.2, 0.25) is 5.88 Å². The predicted octanol–water partition coefficient (Wildman–Crippen LogP) is 5.26. The first kappa shape index (κ1) is 29.6. The number of ether oxygens (including phenoxy) is 1. The van der Waals surface area contributed by atoms with Gasteiger partial charge in [-0.05, 0) is 82.8 Å². The molecule has 0 saturated carbocycles. The van der Waals surface area contributed by atoms with E-state index in [-0.39, 0.29) is 28.7 Å². The summed E-state index contributed by atoms with van der Waals surface area (Å²) in [6.07, 6.45) is 8.95. The molecule has 1 fully saturated rings. The van der Waals surface area contributed by atoms with Gasteiger partial charge in [-0.1, -0.05) is 36.8 Å². The molecule has 0 unspecified atom stereocenters. The number of allylic oxidation sites excluding steroid dienone is 3. The molecule has 0 bridgehead atoms. The highest BCUT2D eigenvalue weighted by Gasteiger charge is 2.22. The molecule has 2 heterocycles. The number of rotatable bonds is 11. The van der Waals surface area contributed by atoms with Crippen molar-refractivity contribution in [3.63, 3.8) is 0 Å². The van der Waals surface area contributed by atoms with Gasteiger partial charge in [-0.3, -0.25) is 14.7 Å². The van der Waals surface area contributed by atoms with Gasteiger partial charge in [0.25, 0.3) is 5.91 Å². The Kier molecular flexibility index (Phi) is 11.3. The van der Waals surface area contributed by atoms with Gasteiger partial charge < -0.3 is 15.8 Å². The third-order valence-corrected chi connectivity index (χ3v) is 6.83. The van der Waals surface area contributed by atoms with Crippen molar-refractivity contribution in [3.8, 4) is 11.9 Å². The number of nitrogen functional groups attached to an aromatic ring is 1. The van der Waals surface area contributed by atoms with E-state index >= 15 is 0 Å². The minimum atomic E-state index is -0.311. The minimum Gasteiger partial charge on any atom is -0.477 e. The average Bonchev–Trinajstić information content (AvgIpc) is 2.94. The molecule has 3 N–H and O–H groups in total. The van der Waals surface area contributed by atoms with Crippen molar-refractivity contribution in [2.75, 3.05) is 32.0 Å². The van der Waals surface area contributed by atoms with Crippen LogP contribution in [-0.4, -0.2) is 47.7 Å². The normalized spacial score (nSPS) is 15.4. The zero-order chi connectivity index (χ0) is 28.2. The number of piperidine rings is 1. The Morgan fingerprint density at radius 1 is 1.31 bits per heavy atom. The van der Waals surface area contributed by atoms with E-state index in [4.69, 9.17) is 10.5 Å². The highest BCUT2D eigenvalue weighted by atomic mass is 16.5. The largest absolute Gasteiger partial charge is 0.477 e. The van der Waals surface area contributed by atoms with Crippen molar-refractivity contribution in [1.29, 1.82) is 5.26 Å². The quantitative estimate of drug-likeness (QED) is 0.385. The summed E-state index contributed by atoms with van der Waals surface area (Å²) in [7, 11) is 0. The summed E-state index contributed by atoms with van der Waals surface area (Å²) in [5.41, 5.74) is 11.1. The molecule has 0 spiro atoms. The number of anilines is 1. The number of hydrogen-bond donors (Lipinski definition) is 2. The molecule has 0 radical (unpaired) electrons. The number of nitrogens with one attached hydrogen (secondary N) is 1. The highest BCUT2D eigenvalue weighted by molar-refractivity contribution is 6.09. The third-order valence-electron chi connectivity index (χ3n) is 6.83. The average molecular weight is 529 g/mol. The van der Waals surface area contributed by atoms with Gasteiger partial charge >= 0.3 is 0 Å².